The van der Waals surface area contributed by atoms with Crippen molar-refractivity contribution in [2.24, 2.45) is 5.92 Å². The maximum absolute atomic E-state index is 12.4. The molecule has 2 rings (SSSR count). The SMILES string of the molecule is CCn1cc(S(=O)(=O)NCC2CCSCC2)cc1CNC. The minimum absolute atomic E-state index is 0.375. The largest absolute Gasteiger partial charge is 0.349 e. The Balaban J connectivity index is 2.04. The van der Waals surface area contributed by atoms with Crippen LogP contribution in [0.15, 0.2) is 17.2 Å². The van der Waals surface area contributed by atoms with Gasteiger partial charge < -0.3 is 9.88 Å². The van der Waals surface area contributed by atoms with Crippen LogP contribution in [0, 0.1) is 5.92 Å². The fourth-order valence-electron chi connectivity index (χ4n) is 2.56. The Hall–Kier alpha value is -0.500. The van der Waals surface area contributed by atoms with E-state index in [1.54, 1.807) is 12.3 Å². The molecule has 0 atom stereocenters. The highest BCUT2D eigenvalue weighted by atomic mass is 32.2. The monoisotopic (exact) mass is 331 g/mol. The molecule has 0 saturated carbocycles. The highest BCUT2D eigenvalue weighted by Crippen LogP contribution is 2.22. The molecular formula is C14H25N3O2S2. The second-order valence-electron chi connectivity index (χ2n) is 5.39. The summed E-state index contributed by atoms with van der Waals surface area (Å²) >= 11 is 1.95. The van der Waals surface area contributed by atoms with E-state index in [0.717, 1.165) is 36.6 Å². The van der Waals surface area contributed by atoms with Gasteiger partial charge in [-0.05, 0) is 50.3 Å². The Morgan fingerprint density at radius 3 is 2.71 bits per heavy atom. The van der Waals surface area contributed by atoms with Gasteiger partial charge in [0, 0.05) is 31.5 Å². The summed E-state index contributed by atoms with van der Waals surface area (Å²) in [6.07, 6.45) is 3.94. The van der Waals surface area contributed by atoms with Crippen molar-refractivity contribution in [2.75, 3.05) is 25.1 Å². The Bertz CT molecular complexity index is 549. The molecule has 1 aliphatic heterocycles. The van der Waals surface area contributed by atoms with Crippen LogP contribution in [0.25, 0.3) is 0 Å². The summed E-state index contributed by atoms with van der Waals surface area (Å²) in [5, 5.41) is 3.07. The lowest BCUT2D eigenvalue weighted by Crippen LogP contribution is -2.30. The molecule has 1 fully saturated rings. The van der Waals surface area contributed by atoms with Crippen molar-refractivity contribution in [2.45, 2.75) is 37.8 Å². The average molecular weight is 332 g/mol. The molecule has 5 nitrogen and oxygen atoms in total. The molecule has 120 valence electrons. The minimum Gasteiger partial charge on any atom is -0.349 e. The number of aryl methyl sites for hydroxylation is 1. The lowest BCUT2D eigenvalue weighted by molar-refractivity contribution is 0.476. The fraction of sp³-hybridized carbons (Fsp3) is 0.714. The molecule has 0 aromatic carbocycles. The molecule has 1 aromatic rings. The van der Waals surface area contributed by atoms with E-state index in [1.807, 2.05) is 30.3 Å². The predicted molar refractivity (Wildman–Crippen MR) is 88.1 cm³/mol. The van der Waals surface area contributed by atoms with Gasteiger partial charge in [0.25, 0.3) is 0 Å². The van der Waals surface area contributed by atoms with E-state index in [-0.39, 0.29) is 0 Å². The normalized spacial score (nSPS) is 17.2. The lowest BCUT2D eigenvalue weighted by Gasteiger charge is -2.21. The molecule has 0 bridgehead atoms. The molecule has 7 heteroatoms. The minimum atomic E-state index is -3.40. The maximum Gasteiger partial charge on any atom is 0.242 e. The summed E-state index contributed by atoms with van der Waals surface area (Å²) in [7, 11) is -1.53. The summed E-state index contributed by atoms with van der Waals surface area (Å²) in [5.74, 6) is 2.77. The topological polar surface area (TPSA) is 63.1 Å². The van der Waals surface area contributed by atoms with Gasteiger partial charge in [-0.2, -0.15) is 11.8 Å². The van der Waals surface area contributed by atoms with Crippen LogP contribution in [0.3, 0.4) is 0 Å². The Morgan fingerprint density at radius 1 is 1.38 bits per heavy atom. The molecule has 0 radical (unpaired) electrons. The quantitative estimate of drug-likeness (QED) is 0.797. The van der Waals surface area contributed by atoms with Gasteiger partial charge >= 0.3 is 0 Å². The molecule has 1 aliphatic rings. The number of hydrogen-bond donors (Lipinski definition) is 2. The van der Waals surface area contributed by atoms with E-state index in [2.05, 4.69) is 10.0 Å². The van der Waals surface area contributed by atoms with Crippen molar-refractivity contribution in [3.8, 4) is 0 Å². The van der Waals surface area contributed by atoms with Gasteiger partial charge in [0.1, 0.15) is 0 Å². The van der Waals surface area contributed by atoms with Crippen molar-refractivity contribution in [1.29, 1.82) is 0 Å². The van der Waals surface area contributed by atoms with Crippen molar-refractivity contribution >= 4 is 21.8 Å². The van der Waals surface area contributed by atoms with Crippen molar-refractivity contribution in [3.05, 3.63) is 18.0 Å². The van der Waals surface area contributed by atoms with Crippen molar-refractivity contribution in [3.63, 3.8) is 0 Å². The van der Waals surface area contributed by atoms with E-state index in [9.17, 15) is 8.42 Å². The van der Waals surface area contributed by atoms with Crippen LogP contribution < -0.4 is 10.0 Å². The number of thioether (sulfide) groups is 1. The summed E-state index contributed by atoms with van der Waals surface area (Å²) in [6, 6.07) is 1.76. The van der Waals surface area contributed by atoms with Crippen LogP contribution >= 0.6 is 11.8 Å². The first-order valence-corrected chi connectivity index (χ1v) is 10.1. The molecule has 0 unspecified atom stereocenters. The van der Waals surface area contributed by atoms with Gasteiger partial charge in [-0.25, -0.2) is 13.1 Å². The first-order valence-electron chi connectivity index (χ1n) is 7.48. The average Bonchev–Trinajstić information content (AvgIpc) is 2.91. The van der Waals surface area contributed by atoms with Gasteiger partial charge in [-0.1, -0.05) is 0 Å². The van der Waals surface area contributed by atoms with E-state index in [1.165, 1.54) is 0 Å². The molecule has 2 heterocycles. The zero-order valence-electron chi connectivity index (χ0n) is 12.8. The molecule has 2 N–H and O–H groups in total. The van der Waals surface area contributed by atoms with Crippen molar-refractivity contribution in [1.82, 2.24) is 14.6 Å². The number of nitrogens with zero attached hydrogens (tertiary/aromatic N) is 1. The molecule has 1 saturated heterocycles. The maximum atomic E-state index is 12.4. The van der Waals surface area contributed by atoms with Gasteiger partial charge in [0.2, 0.25) is 10.0 Å². The summed E-state index contributed by atoms with van der Waals surface area (Å²) in [4.78, 5) is 0.375. The zero-order valence-corrected chi connectivity index (χ0v) is 14.4. The van der Waals surface area contributed by atoms with Gasteiger partial charge in [0.15, 0.2) is 0 Å². The highest BCUT2D eigenvalue weighted by Gasteiger charge is 2.21. The number of sulfonamides is 1. The predicted octanol–water partition coefficient (Wildman–Crippen LogP) is 1.65. The fourth-order valence-corrected chi connectivity index (χ4v) is 4.94. The van der Waals surface area contributed by atoms with Gasteiger partial charge in [-0.3, -0.25) is 0 Å². The third kappa shape index (κ3) is 4.48. The number of rotatable bonds is 7. The first kappa shape index (κ1) is 16.9. The summed E-state index contributed by atoms with van der Waals surface area (Å²) in [5.41, 5.74) is 0.995. The summed E-state index contributed by atoms with van der Waals surface area (Å²) in [6.45, 7) is 4.01. The molecule has 0 spiro atoms. The molecular weight excluding hydrogens is 306 g/mol. The van der Waals surface area contributed by atoms with Gasteiger partial charge in [0.05, 0.1) is 4.90 Å². The Kier molecular flexibility index (Phi) is 6.16. The highest BCUT2D eigenvalue weighted by molar-refractivity contribution is 7.99. The van der Waals surface area contributed by atoms with Crippen LogP contribution in [0.1, 0.15) is 25.5 Å². The molecule has 0 amide bonds. The number of nitrogens with one attached hydrogen (secondary N) is 2. The second-order valence-corrected chi connectivity index (χ2v) is 8.38. The number of aromatic nitrogens is 1. The van der Waals surface area contributed by atoms with E-state index >= 15 is 0 Å². The van der Waals surface area contributed by atoms with Gasteiger partial charge in [-0.15, -0.1) is 0 Å². The van der Waals surface area contributed by atoms with Crippen LogP contribution in [-0.2, 0) is 23.1 Å². The van der Waals surface area contributed by atoms with Crippen LogP contribution in [0.5, 0.6) is 0 Å². The van der Waals surface area contributed by atoms with E-state index < -0.39 is 10.0 Å². The zero-order chi connectivity index (χ0) is 15.3. The molecule has 0 aliphatic carbocycles. The van der Waals surface area contributed by atoms with Crippen LogP contribution in [0.4, 0.5) is 0 Å². The Labute approximate surface area is 131 Å². The molecule has 1 aromatic heterocycles. The Morgan fingerprint density at radius 2 is 2.10 bits per heavy atom. The second kappa shape index (κ2) is 7.67. The number of hydrogen-bond acceptors (Lipinski definition) is 4. The summed E-state index contributed by atoms with van der Waals surface area (Å²) < 4.78 is 29.6. The van der Waals surface area contributed by atoms with E-state index in [4.69, 9.17) is 0 Å². The van der Waals surface area contributed by atoms with E-state index in [0.29, 0.717) is 23.9 Å². The van der Waals surface area contributed by atoms with Crippen LogP contribution in [-0.4, -0.2) is 38.1 Å². The third-order valence-electron chi connectivity index (χ3n) is 3.87. The smallest absolute Gasteiger partial charge is 0.242 e. The lowest BCUT2D eigenvalue weighted by atomic mass is 10.0. The van der Waals surface area contributed by atoms with Crippen molar-refractivity contribution < 1.29 is 8.42 Å². The molecule has 21 heavy (non-hydrogen) atoms. The standard InChI is InChI=1S/C14H25N3O2S2/c1-3-17-11-14(8-13(17)10-15-2)21(18,19)16-9-12-4-6-20-7-5-12/h8,11-12,15-16H,3-7,9-10H2,1-2H3. The van der Waals surface area contributed by atoms with Crippen LogP contribution in [0.2, 0.25) is 0 Å². The third-order valence-corrected chi connectivity index (χ3v) is 6.31. The first-order chi connectivity index (χ1) is 10.1.